The molecule has 1 N–H and O–H groups in total. The van der Waals surface area contributed by atoms with Gasteiger partial charge in [-0.2, -0.15) is 17.8 Å². The van der Waals surface area contributed by atoms with Crippen LogP contribution >= 0.6 is 0 Å². The molecule has 0 saturated heterocycles. The molecular formula is C14H15NO4S. The molecule has 0 amide bonds. The Kier molecular flexibility index (Phi) is 4.86. The van der Waals surface area contributed by atoms with Gasteiger partial charge in [0.15, 0.2) is 0 Å². The van der Waals surface area contributed by atoms with E-state index >= 15 is 0 Å². The van der Waals surface area contributed by atoms with E-state index < -0.39 is 10.4 Å². The molecular weight excluding hydrogens is 278 g/mol. The summed E-state index contributed by atoms with van der Waals surface area (Å²) in [6.07, 6.45) is 0. The molecule has 0 aliphatic rings. The van der Waals surface area contributed by atoms with Crippen LogP contribution in [0.15, 0.2) is 60.7 Å². The third-order valence-electron chi connectivity index (χ3n) is 2.60. The van der Waals surface area contributed by atoms with Crippen LogP contribution in [-0.2, 0) is 27.8 Å². The Hall–Kier alpha value is -1.73. The number of hydroxylamine groups is 2. The summed E-state index contributed by atoms with van der Waals surface area (Å²) >= 11 is 0. The van der Waals surface area contributed by atoms with Gasteiger partial charge < -0.3 is 0 Å². The fourth-order valence-electron chi connectivity index (χ4n) is 1.82. The van der Waals surface area contributed by atoms with Crippen molar-refractivity contribution in [3.8, 4) is 0 Å². The maximum atomic E-state index is 10.9. The number of benzene rings is 2. The van der Waals surface area contributed by atoms with Crippen molar-refractivity contribution >= 4 is 10.4 Å². The molecule has 6 heteroatoms. The van der Waals surface area contributed by atoms with E-state index in [0.717, 1.165) is 11.1 Å². The Labute approximate surface area is 118 Å². The Balaban J connectivity index is 2.12. The average Bonchev–Trinajstić information content (AvgIpc) is 2.39. The van der Waals surface area contributed by atoms with Crippen molar-refractivity contribution < 1.29 is 17.3 Å². The molecule has 0 saturated carbocycles. The number of nitrogens with zero attached hydrogens (tertiary/aromatic N) is 1. The van der Waals surface area contributed by atoms with Gasteiger partial charge in [0, 0.05) is 0 Å². The van der Waals surface area contributed by atoms with Crippen LogP contribution in [0.3, 0.4) is 0 Å². The van der Waals surface area contributed by atoms with E-state index in [2.05, 4.69) is 4.28 Å². The molecule has 106 valence electrons. The first-order valence-corrected chi connectivity index (χ1v) is 7.39. The van der Waals surface area contributed by atoms with Crippen LogP contribution in [0.2, 0.25) is 0 Å². The quantitative estimate of drug-likeness (QED) is 0.654. The second-order valence-corrected chi connectivity index (χ2v) is 5.28. The second kappa shape index (κ2) is 6.62. The highest BCUT2D eigenvalue weighted by molar-refractivity contribution is 7.80. The molecule has 0 aliphatic carbocycles. The van der Waals surface area contributed by atoms with E-state index in [0.29, 0.717) is 0 Å². The lowest BCUT2D eigenvalue weighted by molar-refractivity contribution is -0.0780. The van der Waals surface area contributed by atoms with Crippen LogP contribution in [0.5, 0.6) is 0 Å². The molecule has 2 aromatic carbocycles. The van der Waals surface area contributed by atoms with Crippen molar-refractivity contribution in [2.24, 2.45) is 0 Å². The number of rotatable bonds is 6. The van der Waals surface area contributed by atoms with Crippen LogP contribution in [0.1, 0.15) is 11.1 Å². The van der Waals surface area contributed by atoms with Crippen molar-refractivity contribution in [3.05, 3.63) is 71.8 Å². The first kappa shape index (κ1) is 14.7. The lowest BCUT2D eigenvalue weighted by atomic mass is 10.2. The largest absolute Gasteiger partial charge is 0.413 e. The summed E-state index contributed by atoms with van der Waals surface area (Å²) in [5.41, 5.74) is 1.76. The van der Waals surface area contributed by atoms with Gasteiger partial charge in [0.25, 0.3) is 0 Å². The van der Waals surface area contributed by atoms with Gasteiger partial charge in [0.1, 0.15) is 0 Å². The standard InChI is InChI=1S/C14H15NO4S/c16-20(17,18)19-15(11-13-7-3-1-4-8-13)12-14-9-5-2-6-10-14/h1-10H,11-12H2,(H,16,17,18). The highest BCUT2D eigenvalue weighted by Gasteiger charge is 2.15. The molecule has 2 rings (SSSR count). The van der Waals surface area contributed by atoms with Crippen molar-refractivity contribution in [2.45, 2.75) is 13.1 Å². The van der Waals surface area contributed by atoms with Crippen molar-refractivity contribution in [3.63, 3.8) is 0 Å². The zero-order chi connectivity index (χ0) is 14.4. The highest BCUT2D eigenvalue weighted by Crippen LogP contribution is 2.11. The SMILES string of the molecule is O=S(=O)(O)ON(Cc1ccccc1)Cc1ccccc1. The topological polar surface area (TPSA) is 66.8 Å². The van der Waals surface area contributed by atoms with E-state index in [1.807, 2.05) is 60.7 Å². The summed E-state index contributed by atoms with van der Waals surface area (Å²) in [6.45, 7) is 0.491. The molecule has 0 atom stereocenters. The molecule has 0 aliphatic heterocycles. The van der Waals surface area contributed by atoms with Gasteiger partial charge in [-0.1, -0.05) is 60.7 Å². The smallest absolute Gasteiger partial charge is 0.262 e. The summed E-state index contributed by atoms with van der Waals surface area (Å²) in [5, 5.41) is 1.19. The predicted molar refractivity (Wildman–Crippen MR) is 74.8 cm³/mol. The molecule has 2 aromatic rings. The zero-order valence-electron chi connectivity index (χ0n) is 10.7. The summed E-state index contributed by atoms with van der Waals surface area (Å²) in [6, 6.07) is 18.6. The van der Waals surface area contributed by atoms with E-state index in [1.165, 1.54) is 5.06 Å². The molecule has 0 heterocycles. The lowest BCUT2D eigenvalue weighted by Gasteiger charge is -2.19. The summed E-state index contributed by atoms with van der Waals surface area (Å²) < 4.78 is 35.3. The zero-order valence-corrected chi connectivity index (χ0v) is 11.5. The van der Waals surface area contributed by atoms with Gasteiger partial charge in [-0.3, -0.25) is 4.55 Å². The Morgan fingerprint density at radius 2 is 1.25 bits per heavy atom. The molecule has 0 unspecified atom stereocenters. The summed E-state index contributed by atoms with van der Waals surface area (Å²) in [5.74, 6) is 0. The minimum Gasteiger partial charge on any atom is -0.262 e. The van der Waals surface area contributed by atoms with Crippen LogP contribution in [-0.4, -0.2) is 18.0 Å². The van der Waals surface area contributed by atoms with E-state index in [9.17, 15) is 8.42 Å². The third kappa shape index (κ3) is 5.10. The van der Waals surface area contributed by atoms with Gasteiger partial charge in [-0.15, -0.1) is 0 Å². The van der Waals surface area contributed by atoms with Crippen molar-refractivity contribution in [1.82, 2.24) is 5.06 Å². The van der Waals surface area contributed by atoms with Gasteiger partial charge in [-0.25, -0.2) is 0 Å². The molecule has 20 heavy (non-hydrogen) atoms. The maximum Gasteiger partial charge on any atom is 0.413 e. The summed E-state index contributed by atoms with van der Waals surface area (Å²) in [7, 11) is -4.54. The first-order chi connectivity index (χ1) is 9.53. The molecule has 0 radical (unpaired) electrons. The Morgan fingerprint density at radius 1 is 0.850 bits per heavy atom. The second-order valence-electron chi connectivity index (χ2n) is 4.27. The van der Waals surface area contributed by atoms with Crippen LogP contribution < -0.4 is 0 Å². The molecule has 0 fully saturated rings. The minimum atomic E-state index is -4.54. The third-order valence-corrected chi connectivity index (χ3v) is 3.00. The minimum absolute atomic E-state index is 0.246. The van der Waals surface area contributed by atoms with Gasteiger partial charge >= 0.3 is 10.4 Å². The summed E-state index contributed by atoms with van der Waals surface area (Å²) in [4.78, 5) is 0. The number of hydrogen-bond donors (Lipinski definition) is 1. The fraction of sp³-hybridized carbons (Fsp3) is 0.143. The molecule has 0 bridgehead atoms. The van der Waals surface area contributed by atoms with Gasteiger partial charge in [0.05, 0.1) is 13.1 Å². The van der Waals surface area contributed by atoms with Crippen molar-refractivity contribution in [1.29, 1.82) is 0 Å². The molecule has 5 nitrogen and oxygen atoms in total. The highest BCUT2D eigenvalue weighted by atomic mass is 32.3. The normalized spacial score (nSPS) is 11.7. The van der Waals surface area contributed by atoms with E-state index in [-0.39, 0.29) is 13.1 Å². The van der Waals surface area contributed by atoms with E-state index in [4.69, 9.17) is 4.55 Å². The van der Waals surface area contributed by atoms with Crippen LogP contribution in [0.4, 0.5) is 0 Å². The Bertz CT molecular complexity index is 587. The van der Waals surface area contributed by atoms with Gasteiger partial charge in [-0.05, 0) is 11.1 Å². The molecule has 0 aromatic heterocycles. The van der Waals surface area contributed by atoms with E-state index in [1.54, 1.807) is 0 Å². The average molecular weight is 293 g/mol. The number of hydrogen-bond acceptors (Lipinski definition) is 4. The predicted octanol–water partition coefficient (Wildman–Crippen LogP) is 2.42. The van der Waals surface area contributed by atoms with Crippen molar-refractivity contribution in [2.75, 3.05) is 0 Å². The van der Waals surface area contributed by atoms with Crippen LogP contribution in [0, 0.1) is 0 Å². The Morgan fingerprint density at radius 3 is 1.60 bits per heavy atom. The lowest BCUT2D eigenvalue weighted by Crippen LogP contribution is -2.26. The van der Waals surface area contributed by atoms with Gasteiger partial charge in [0.2, 0.25) is 0 Å². The first-order valence-electron chi connectivity index (χ1n) is 6.03. The maximum absolute atomic E-state index is 10.9. The monoisotopic (exact) mass is 293 g/mol. The molecule has 0 spiro atoms. The van der Waals surface area contributed by atoms with Crippen LogP contribution in [0.25, 0.3) is 0 Å². The fourth-order valence-corrected chi connectivity index (χ4v) is 2.19.